The third-order valence-corrected chi connectivity index (χ3v) is 3.93. The minimum atomic E-state index is -0.0289. The molecule has 1 saturated heterocycles. The lowest BCUT2D eigenvalue weighted by molar-refractivity contribution is -0.121. The fourth-order valence-electron chi connectivity index (χ4n) is 1.60. The first-order valence-corrected chi connectivity index (χ1v) is 6.34. The van der Waals surface area contributed by atoms with Gasteiger partial charge in [0, 0.05) is 13.0 Å². The number of likely N-dealkylation sites (tertiary alicyclic amines) is 1. The van der Waals surface area contributed by atoms with Gasteiger partial charge in [0.15, 0.2) is 5.78 Å². The Labute approximate surface area is 100 Å². The van der Waals surface area contributed by atoms with Gasteiger partial charge in [-0.2, -0.15) is 0 Å². The van der Waals surface area contributed by atoms with Gasteiger partial charge >= 0.3 is 0 Å². The van der Waals surface area contributed by atoms with Crippen molar-refractivity contribution in [3.8, 4) is 0 Å². The monoisotopic (exact) mass is 287 g/mol. The molecule has 15 heavy (non-hydrogen) atoms. The minimum absolute atomic E-state index is 0.0289. The molecule has 0 N–H and O–H groups in total. The molecule has 1 aromatic rings. The van der Waals surface area contributed by atoms with Gasteiger partial charge in [-0.15, -0.1) is 11.3 Å². The number of carbonyl (C=O) groups is 2. The number of Topliss-reactive ketones (excluding diaryl/α,β-unsaturated/α-hetero) is 1. The Balaban J connectivity index is 2.10. The number of carbonyl (C=O) groups excluding carboxylic acids is 2. The van der Waals surface area contributed by atoms with Crippen molar-refractivity contribution < 1.29 is 9.59 Å². The van der Waals surface area contributed by atoms with Crippen LogP contribution < -0.4 is 0 Å². The molecule has 2 heterocycles. The first-order chi connectivity index (χ1) is 7.16. The average molecular weight is 288 g/mol. The summed E-state index contributed by atoms with van der Waals surface area (Å²) in [6.45, 7) is 0.967. The van der Waals surface area contributed by atoms with Crippen LogP contribution >= 0.6 is 27.3 Å². The summed E-state index contributed by atoms with van der Waals surface area (Å²) in [7, 11) is 0. The Bertz CT molecular complexity index is 402. The van der Waals surface area contributed by atoms with E-state index in [0.29, 0.717) is 17.8 Å². The van der Waals surface area contributed by atoms with Gasteiger partial charge in [0.25, 0.3) is 5.91 Å². The summed E-state index contributed by atoms with van der Waals surface area (Å²) in [5.41, 5.74) is 0. The van der Waals surface area contributed by atoms with E-state index in [1.165, 1.54) is 11.3 Å². The molecular formula is C10H10BrNO2S. The van der Waals surface area contributed by atoms with E-state index in [-0.39, 0.29) is 18.2 Å². The van der Waals surface area contributed by atoms with Gasteiger partial charge in [-0.3, -0.25) is 9.59 Å². The summed E-state index contributed by atoms with van der Waals surface area (Å²) in [6, 6.07) is 3.64. The van der Waals surface area contributed by atoms with E-state index in [2.05, 4.69) is 15.9 Å². The van der Waals surface area contributed by atoms with Crippen molar-refractivity contribution in [1.82, 2.24) is 4.90 Å². The SMILES string of the molecule is O=C1CCCN(C(=O)c2ccc(Br)s2)C1. The largest absolute Gasteiger partial charge is 0.331 e. The molecular weight excluding hydrogens is 278 g/mol. The van der Waals surface area contributed by atoms with E-state index >= 15 is 0 Å². The van der Waals surface area contributed by atoms with E-state index in [1.54, 1.807) is 11.0 Å². The summed E-state index contributed by atoms with van der Waals surface area (Å²) >= 11 is 4.72. The Morgan fingerprint density at radius 3 is 2.87 bits per heavy atom. The molecule has 2 rings (SSSR count). The second-order valence-electron chi connectivity index (χ2n) is 3.47. The molecule has 0 unspecified atom stereocenters. The first-order valence-electron chi connectivity index (χ1n) is 4.73. The van der Waals surface area contributed by atoms with Gasteiger partial charge in [0.2, 0.25) is 0 Å². The molecule has 1 amide bonds. The van der Waals surface area contributed by atoms with Crippen LogP contribution in [-0.4, -0.2) is 29.7 Å². The third-order valence-electron chi connectivity index (χ3n) is 2.32. The van der Waals surface area contributed by atoms with E-state index in [0.717, 1.165) is 10.2 Å². The number of piperidine rings is 1. The highest BCUT2D eigenvalue weighted by atomic mass is 79.9. The Hall–Kier alpha value is -0.680. The van der Waals surface area contributed by atoms with Gasteiger partial charge in [-0.1, -0.05) is 0 Å². The smallest absolute Gasteiger partial charge is 0.264 e. The van der Waals surface area contributed by atoms with Crippen molar-refractivity contribution in [1.29, 1.82) is 0 Å². The van der Waals surface area contributed by atoms with Crippen LogP contribution in [0.15, 0.2) is 15.9 Å². The van der Waals surface area contributed by atoms with Crippen LogP contribution in [-0.2, 0) is 4.79 Å². The first kappa shape index (κ1) is 10.8. The lowest BCUT2D eigenvalue weighted by Gasteiger charge is -2.25. The van der Waals surface area contributed by atoms with E-state index in [4.69, 9.17) is 0 Å². The van der Waals surface area contributed by atoms with Crippen LogP contribution in [0.3, 0.4) is 0 Å². The molecule has 3 nitrogen and oxygen atoms in total. The normalized spacial score (nSPS) is 16.9. The molecule has 0 aliphatic carbocycles. The summed E-state index contributed by atoms with van der Waals surface area (Å²) < 4.78 is 0.939. The summed E-state index contributed by atoms with van der Waals surface area (Å²) in [5.74, 6) is 0.129. The van der Waals surface area contributed by atoms with Crippen LogP contribution in [0.1, 0.15) is 22.5 Å². The Morgan fingerprint density at radius 2 is 2.27 bits per heavy atom. The highest BCUT2D eigenvalue weighted by molar-refractivity contribution is 9.11. The van der Waals surface area contributed by atoms with E-state index < -0.39 is 0 Å². The van der Waals surface area contributed by atoms with Crippen molar-refractivity contribution >= 4 is 39.0 Å². The lowest BCUT2D eigenvalue weighted by Crippen LogP contribution is -2.39. The molecule has 1 aliphatic heterocycles. The molecule has 0 saturated carbocycles. The summed E-state index contributed by atoms with van der Waals surface area (Å²) in [6.07, 6.45) is 1.40. The number of amides is 1. The highest BCUT2D eigenvalue weighted by Crippen LogP contribution is 2.24. The predicted octanol–water partition coefficient (Wildman–Crippen LogP) is 2.32. The van der Waals surface area contributed by atoms with E-state index in [9.17, 15) is 9.59 Å². The maximum Gasteiger partial charge on any atom is 0.264 e. The van der Waals surface area contributed by atoms with Crippen molar-refractivity contribution in [3.63, 3.8) is 0 Å². The Morgan fingerprint density at radius 1 is 1.47 bits per heavy atom. The van der Waals surface area contributed by atoms with Crippen LogP contribution in [0.4, 0.5) is 0 Å². The molecule has 80 valence electrons. The zero-order chi connectivity index (χ0) is 10.8. The van der Waals surface area contributed by atoms with Gasteiger partial charge in [-0.25, -0.2) is 0 Å². The average Bonchev–Trinajstić information content (AvgIpc) is 2.64. The zero-order valence-electron chi connectivity index (χ0n) is 8.03. The molecule has 5 heteroatoms. The second-order valence-corrected chi connectivity index (χ2v) is 5.94. The Kier molecular flexibility index (Phi) is 3.21. The number of hydrogen-bond acceptors (Lipinski definition) is 3. The standard InChI is InChI=1S/C10H10BrNO2S/c11-9-4-3-8(15-9)10(14)12-5-1-2-7(13)6-12/h3-4H,1-2,5-6H2. The number of hydrogen-bond donors (Lipinski definition) is 0. The lowest BCUT2D eigenvalue weighted by atomic mass is 10.1. The molecule has 1 aliphatic rings. The predicted molar refractivity (Wildman–Crippen MR) is 62.2 cm³/mol. The van der Waals surface area contributed by atoms with Crippen molar-refractivity contribution in [2.24, 2.45) is 0 Å². The summed E-state index contributed by atoms with van der Waals surface area (Å²) in [4.78, 5) is 25.5. The topological polar surface area (TPSA) is 37.4 Å². The molecule has 0 atom stereocenters. The van der Waals surface area contributed by atoms with Gasteiger partial charge in [0.05, 0.1) is 15.2 Å². The number of thiophene rings is 1. The molecule has 0 aromatic carbocycles. The number of nitrogens with zero attached hydrogens (tertiary/aromatic N) is 1. The zero-order valence-corrected chi connectivity index (χ0v) is 10.4. The minimum Gasteiger partial charge on any atom is -0.331 e. The van der Waals surface area contributed by atoms with Crippen molar-refractivity contribution in [3.05, 3.63) is 20.8 Å². The van der Waals surface area contributed by atoms with Crippen molar-refractivity contribution in [2.75, 3.05) is 13.1 Å². The quantitative estimate of drug-likeness (QED) is 0.795. The van der Waals surface area contributed by atoms with Gasteiger partial charge in [-0.05, 0) is 34.5 Å². The number of rotatable bonds is 1. The van der Waals surface area contributed by atoms with Gasteiger partial charge in [0.1, 0.15) is 0 Å². The molecule has 0 spiro atoms. The third kappa shape index (κ3) is 2.46. The van der Waals surface area contributed by atoms with Crippen LogP contribution in [0, 0.1) is 0 Å². The maximum absolute atomic E-state index is 11.9. The van der Waals surface area contributed by atoms with Crippen LogP contribution in [0.5, 0.6) is 0 Å². The molecule has 0 bridgehead atoms. The number of ketones is 1. The van der Waals surface area contributed by atoms with Crippen LogP contribution in [0.2, 0.25) is 0 Å². The van der Waals surface area contributed by atoms with Crippen molar-refractivity contribution in [2.45, 2.75) is 12.8 Å². The van der Waals surface area contributed by atoms with E-state index in [1.807, 2.05) is 6.07 Å². The molecule has 1 fully saturated rings. The maximum atomic E-state index is 11.9. The summed E-state index contributed by atoms with van der Waals surface area (Å²) in [5, 5.41) is 0. The molecule has 1 aromatic heterocycles. The highest BCUT2D eigenvalue weighted by Gasteiger charge is 2.23. The number of halogens is 1. The fourth-order valence-corrected chi connectivity index (χ4v) is 2.95. The molecule has 0 radical (unpaired) electrons. The van der Waals surface area contributed by atoms with Crippen LogP contribution in [0.25, 0.3) is 0 Å². The fraction of sp³-hybridized carbons (Fsp3) is 0.400. The van der Waals surface area contributed by atoms with Gasteiger partial charge < -0.3 is 4.90 Å². The second kappa shape index (κ2) is 4.45.